The molecule has 0 saturated heterocycles. The van der Waals surface area contributed by atoms with Crippen molar-refractivity contribution in [2.75, 3.05) is 5.32 Å². The maximum Gasteiger partial charge on any atom is 0.123 e. The SMILES string of the molecule is Cc1cccc(CNc2c(Cl)ccc3scnc23)c1O. The lowest BCUT2D eigenvalue weighted by atomic mass is 10.1. The zero-order valence-corrected chi connectivity index (χ0v) is 12.4. The molecule has 5 heteroatoms. The normalized spacial score (nSPS) is 10.9. The fourth-order valence-corrected chi connectivity index (χ4v) is 3.02. The number of nitrogens with one attached hydrogen (secondary N) is 1. The third-order valence-corrected chi connectivity index (χ3v) is 4.34. The Kier molecular flexibility index (Phi) is 3.51. The molecule has 20 heavy (non-hydrogen) atoms. The van der Waals surface area contributed by atoms with Crippen molar-refractivity contribution >= 4 is 38.8 Å². The molecule has 0 fully saturated rings. The summed E-state index contributed by atoms with van der Waals surface area (Å²) in [6.07, 6.45) is 0. The van der Waals surface area contributed by atoms with E-state index in [-0.39, 0.29) is 0 Å². The van der Waals surface area contributed by atoms with Crippen LogP contribution in [0.25, 0.3) is 10.2 Å². The van der Waals surface area contributed by atoms with Gasteiger partial charge in [0, 0.05) is 12.1 Å². The third kappa shape index (κ3) is 2.32. The Morgan fingerprint density at radius 3 is 3.00 bits per heavy atom. The number of nitrogens with zero attached hydrogens (tertiary/aromatic N) is 1. The van der Waals surface area contributed by atoms with Crippen molar-refractivity contribution in [3.63, 3.8) is 0 Å². The minimum Gasteiger partial charge on any atom is -0.507 e. The zero-order valence-electron chi connectivity index (χ0n) is 10.9. The molecule has 0 atom stereocenters. The van der Waals surface area contributed by atoms with Gasteiger partial charge in [0.15, 0.2) is 0 Å². The molecule has 102 valence electrons. The van der Waals surface area contributed by atoms with E-state index in [0.717, 1.165) is 27.0 Å². The van der Waals surface area contributed by atoms with E-state index >= 15 is 0 Å². The van der Waals surface area contributed by atoms with Gasteiger partial charge in [0.1, 0.15) is 11.3 Å². The van der Waals surface area contributed by atoms with Gasteiger partial charge in [0.2, 0.25) is 0 Å². The highest BCUT2D eigenvalue weighted by molar-refractivity contribution is 7.16. The van der Waals surface area contributed by atoms with Gasteiger partial charge in [0.05, 0.1) is 20.9 Å². The molecule has 0 aliphatic heterocycles. The fourth-order valence-electron chi connectivity index (χ4n) is 2.12. The highest BCUT2D eigenvalue weighted by Gasteiger charge is 2.10. The molecule has 1 heterocycles. The molecule has 0 amide bonds. The van der Waals surface area contributed by atoms with Gasteiger partial charge in [-0.1, -0.05) is 29.8 Å². The Labute approximate surface area is 125 Å². The van der Waals surface area contributed by atoms with E-state index < -0.39 is 0 Å². The number of thiazole rings is 1. The smallest absolute Gasteiger partial charge is 0.123 e. The summed E-state index contributed by atoms with van der Waals surface area (Å²) in [5.41, 5.74) is 5.19. The molecule has 0 saturated carbocycles. The van der Waals surface area contributed by atoms with Gasteiger partial charge in [-0.25, -0.2) is 4.98 Å². The van der Waals surface area contributed by atoms with E-state index in [0.29, 0.717) is 17.3 Å². The maximum absolute atomic E-state index is 10.0. The number of aryl methyl sites for hydroxylation is 1. The van der Waals surface area contributed by atoms with Gasteiger partial charge >= 0.3 is 0 Å². The van der Waals surface area contributed by atoms with Gasteiger partial charge in [-0.3, -0.25) is 0 Å². The molecule has 2 N–H and O–H groups in total. The van der Waals surface area contributed by atoms with Crippen LogP contribution in [0.2, 0.25) is 5.02 Å². The second kappa shape index (κ2) is 5.31. The summed E-state index contributed by atoms with van der Waals surface area (Å²) in [4.78, 5) is 4.34. The number of phenols is 1. The number of hydrogen-bond acceptors (Lipinski definition) is 4. The minimum atomic E-state index is 0.321. The van der Waals surface area contributed by atoms with Crippen LogP contribution in [0, 0.1) is 6.92 Å². The van der Waals surface area contributed by atoms with Gasteiger partial charge < -0.3 is 10.4 Å². The minimum absolute atomic E-state index is 0.321. The van der Waals surface area contributed by atoms with E-state index in [4.69, 9.17) is 11.6 Å². The molecule has 3 rings (SSSR count). The summed E-state index contributed by atoms with van der Waals surface area (Å²) < 4.78 is 1.09. The third-order valence-electron chi connectivity index (χ3n) is 3.23. The molecule has 0 radical (unpaired) electrons. The number of phenolic OH excluding ortho intramolecular Hbond substituents is 1. The molecule has 3 aromatic rings. The Bertz CT molecular complexity index is 770. The molecule has 0 aliphatic carbocycles. The number of fused-ring (bicyclic) bond motifs is 1. The van der Waals surface area contributed by atoms with Gasteiger partial charge in [-0.05, 0) is 24.6 Å². The van der Waals surface area contributed by atoms with Crippen LogP contribution in [0.4, 0.5) is 5.69 Å². The number of aromatic hydroxyl groups is 1. The van der Waals surface area contributed by atoms with Crippen molar-refractivity contribution in [3.05, 3.63) is 52.0 Å². The van der Waals surface area contributed by atoms with Crippen LogP contribution in [-0.2, 0) is 6.54 Å². The molecular formula is C15H13ClN2OS. The quantitative estimate of drug-likeness (QED) is 0.744. The number of para-hydroxylation sites is 1. The molecule has 0 unspecified atom stereocenters. The first kappa shape index (κ1) is 13.2. The van der Waals surface area contributed by atoms with Crippen LogP contribution in [0.3, 0.4) is 0 Å². The number of anilines is 1. The number of aromatic nitrogens is 1. The van der Waals surface area contributed by atoms with Crippen LogP contribution in [0.1, 0.15) is 11.1 Å². The van der Waals surface area contributed by atoms with Crippen molar-refractivity contribution in [2.45, 2.75) is 13.5 Å². The second-order valence-electron chi connectivity index (χ2n) is 4.56. The van der Waals surface area contributed by atoms with Crippen LogP contribution in [0.15, 0.2) is 35.8 Å². The highest BCUT2D eigenvalue weighted by atomic mass is 35.5. The Morgan fingerprint density at radius 2 is 2.15 bits per heavy atom. The summed E-state index contributed by atoms with van der Waals surface area (Å²) >= 11 is 7.82. The van der Waals surface area contributed by atoms with E-state index in [2.05, 4.69) is 10.3 Å². The molecular weight excluding hydrogens is 292 g/mol. The average molecular weight is 305 g/mol. The van der Waals surface area contributed by atoms with Crippen molar-refractivity contribution < 1.29 is 5.11 Å². The molecule has 1 aromatic heterocycles. The lowest BCUT2D eigenvalue weighted by molar-refractivity contribution is 0.465. The maximum atomic E-state index is 10.0. The lowest BCUT2D eigenvalue weighted by Crippen LogP contribution is -2.01. The summed E-state index contributed by atoms with van der Waals surface area (Å²) in [7, 11) is 0. The summed E-state index contributed by atoms with van der Waals surface area (Å²) in [6, 6.07) is 9.53. The summed E-state index contributed by atoms with van der Waals surface area (Å²) in [6.45, 7) is 2.39. The highest BCUT2D eigenvalue weighted by Crippen LogP contribution is 2.33. The molecule has 0 bridgehead atoms. The monoisotopic (exact) mass is 304 g/mol. The largest absolute Gasteiger partial charge is 0.507 e. The summed E-state index contributed by atoms with van der Waals surface area (Å²) in [5, 5.41) is 13.9. The van der Waals surface area contributed by atoms with Gasteiger partial charge in [0.25, 0.3) is 0 Å². The van der Waals surface area contributed by atoms with Crippen molar-refractivity contribution in [2.24, 2.45) is 0 Å². The summed E-state index contributed by atoms with van der Waals surface area (Å²) in [5.74, 6) is 0.321. The van der Waals surface area contributed by atoms with Crippen molar-refractivity contribution in [1.82, 2.24) is 4.98 Å². The van der Waals surface area contributed by atoms with Crippen LogP contribution in [0.5, 0.6) is 5.75 Å². The van der Waals surface area contributed by atoms with Crippen LogP contribution >= 0.6 is 22.9 Å². The number of benzene rings is 2. The first-order chi connectivity index (χ1) is 9.66. The molecule has 0 aliphatic rings. The molecule has 0 spiro atoms. The average Bonchev–Trinajstić information content (AvgIpc) is 2.90. The molecule has 3 nitrogen and oxygen atoms in total. The number of hydrogen-bond donors (Lipinski definition) is 2. The van der Waals surface area contributed by atoms with E-state index in [9.17, 15) is 5.11 Å². The van der Waals surface area contributed by atoms with E-state index in [1.807, 2.05) is 37.3 Å². The Morgan fingerprint density at radius 1 is 1.30 bits per heavy atom. The van der Waals surface area contributed by atoms with Crippen LogP contribution in [-0.4, -0.2) is 10.1 Å². The first-order valence-corrected chi connectivity index (χ1v) is 7.45. The fraction of sp³-hybridized carbons (Fsp3) is 0.133. The predicted molar refractivity (Wildman–Crippen MR) is 84.8 cm³/mol. The first-order valence-electron chi connectivity index (χ1n) is 6.20. The standard InChI is InChI=1S/C15H13ClN2OS/c1-9-3-2-4-10(15(9)19)7-17-13-11(16)5-6-12-14(13)18-8-20-12/h2-6,8,17,19H,7H2,1H3. The van der Waals surface area contributed by atoms with Gasteiger partial charge in [-0.2, -0.15) is 0 Å². The lowest BCUT2D eigenvalue weighted by Gasteiger charge is -2.11. The van der Waals surface area contributed by atoms with Crippen molar-refractivity contribution in [3.8, 4) is 5.75 Å². The number of halogens is 1. The van der Waals surface area contributed by atoms with Gasteiger partial charge in [-0.15, -0.1) is 11.3 Å². The number of rotatable bonds is 3. The molecule has 2 aromatic carbocycles. The van der Waals surface area contributed by atoms with E-state index in [1.165, 1.54) is 0 Å². The topological polar surface area (TPSA) is 45.2 Å². The van der Waals surface area contributed by atoms with Crippen molar-refractivity contribution in [1.29, 1.82) is 0 Å². The van der Waals surface area contributed by atoms with E-state index in [1.54, 1.807) is 16.8 Å². The Hall–Kier alpha value is -1.78. The zero-order chi connectivity index (χ0) is 14.1. The Balaban J connectivity index is 1.92. The van der Waals surface area contributed by atoms with Crippen LogP contribution < -0.4 is 5.32 Å². The predicted octanol–water partition coefficient (Wildman–Crippen LogP) is 4.58. The second-order valence-corrected chi connectivity index (χ2v) is 5.85.